The highest BCUT2D eigenvalue weighted by molar-refractivity contribution is 6.04. The lowest BCUT2D eigenvalue weighted by molar-refractivity contribution is -0.113. The molecule has 1 aromatic carbocycles. The van der Waals surface area contributed by atoms with Gasteiger partial charge in [0.1, 0.15) is 0 Å². The van der Waals surface area contributed by atoms with Gasteiger partial charge >= 0.3 is 0 Å². The van der Waals surface area contributed by atoms with Crippen molar-refractivity contribution < 1.29 is 9.53 Å². The number of carbonyl (C=O) groups excluding carboxylic acids is 1. The predicted octanol–water partition coefficient (Wildman–Crippen LogP) is 2.52. The van der Waals surface area contributed by atoms with Crippen LogP contribution in [0.3, 0.4) is 0 Å². The smallest absolute Gasteiger partial charge is 0.251 e. The fourth-order valence-corrected chi connectivity index (χ4v) is 2.08. The maximum atomic E-state index is 12.0. The predicted molar refractivity (Wildman–Crippen MR) is 73.9 cm³/mol. The maximum Gasteiger partial charge on any atom is 0.251 e. The Hall–Kier alpha value is -2.20. The van der Waals surface area contributed by atoms with Crippen LogP contribution in [0, 0.1) is 0 Å². The van der Waals surface area contributed by atoms with Crippen LogP contribution in [0.25, 0.3) is 10.9 Å². The molecule has 0 atom stereocenters. The first-order valence-corrected chi connectivity index (χ1v) is 6.26. The lowest BCUT2D eigenvalue weighted by Gasteiger charge is -2.13. The van der Waals surface area contributed by atoms with Gasteiger partial charge in [-0.15, -0.1) is 0 Å². The van der Waals surface area contributed by atoms with Crippen LogP contribution < -0.4 is 5.32 Å². The summed E-state index contributed by atoms with van der Waals surface area (Å²) < 4.78 is 5.19. The number of ether oxygens (including phenoxy) is 1. The van der Waals surface area contributed by atoms with Crippen LogP contribution >= 0.6 is 0 Å². The molecule has 1 aromatic heterocycles. The topological polar surface area (TPSA) is 51.2 Å². The third kappa shape index (κ3) is 2.63. The van der Waals surface area contributed by atoms with Gasteiger partial charge in [-0.3, -0.25) is 9.78 Å². The first kappa shape index (κ1) is 11.9. The molecule has 0 bridgehead atoms. The Kier molecular flexibility index (Phi) is 3.25. The number of hydrogen-bond donors (Lipinski definition) is 1. The molecule has 0 spiro atoms. The van der Waals surface area contributed by atoms with Crippen molar-refractivity contribution in [1.29, 1.82) is 0 Å². The van der Waals surface area contributed by atoms with E-state index in [-0.39, 0.29) is 5.91 Å². The van der Waals surface area contributed by atoms with Crippen LogP contribution in [0.15, 0.2) is 48.2 Å². The molecule has 0 aliphatic carbocycles. The Bertz CT molecular complexity index is 649. The number of para-hydroxylation sites is 1. The van der Waals surface area contributed by atoms with E-state index in [0.717, 1.165) is 22.2 Å². The number of pyridine rings is 1. The van der Waals surface area contributed by atoms with Gasteiger partial charge in [-0.25, -0.2) is 0 Å². The van der Waals surface area contributed by atoms with Crippen molar-refractivity contribution in [3.05, 3.63) is 48.2 Å². The second kappa shape index (κ2) is 5.20. The number of anilines is 1. The van der Waals surface area contributed by atoms with Gasteiger partial charge in [-0.1, -0.05) is 24.3 Å². The molecule has 1 aliphatic heterocycles. The highest BCUT2D eigenvalue weighted by Crippen LogP contribution is 2.17. The van der Waals surface area contributed by atoms with Crippen molar-refractivity contribution in [3.8, 4) is 0 Å². The van der Waals surface area contributed by atoms with E-state index in [4.69, 9.17) is 4.74 Å². The third-order valence-electron chi connectivity index (χ3n) is 3.10. The zero-order valence-electron chi connectivity index (χ0n) is 10.4. The van der Waals surface area contributed by atoms with Crippen LogP contribution in [-0.2, 0) is 9.53 Å². The second-order valence-corrected chi connectivity index (χ2v) is 4.43. The van der Waals surface area contributed by atoms with E-state index >= 15 is 0 Å². The fourth-order valence-electron chi connectivity index (χ4n) is 2.08. The molecule has 0 fully saturated rings. The van der Waals surface area contributed by atoms with E-state index in [9.17, 15) is 4.79 Å². The quantitative estimate of drug-likeness (QED) is 0.896. The van der Waals surface area contributed by atoms with Gasteiger partial charge in [0.05, 0.1) is 30.6 Å². The second-order valence-electron chi connectivity index (χ2n) is 4.43. The van der Waals surface area contributed by atoms with Gasteiger partial charge < -0.3 is 10.1 Å². The van der Waals surface area contributed by atoms with E-state index in [0.29, 0.717) is 19.6 Å². The number of nitrogens with zero attached hydrogens (tertiary/aromatic N) is 1. The number of carbonyl (C=O) groups is 1. The molecule has 0 radical (unpaired) electrons. The lowest BCUT2D eigenvalue weighted by Crippen LogP contribution is -2.19. The number of aromatic nitrogens is 1. The highest BCUT2D eigenvalue weighted by atomic mass is 16.5. The monoisotopic (exact) mass is 254 g/mol. The Morgan fingerprint density at radius 2 is 2.21 bits per heavy atom. The molecule has 1 amide bonds. The van der Waals surface area contributed by atoms with Crippen LogP contribution in [-0.4, -0.2) is 24.1 Å². The molecule has 0 saturated carbocycles. The minimum absolute atomic E-state index is 0.0691. The molecule has 96 valence electrons. The summed E-state index contributed by atoms with van der Waals surface area (Å²) >= 11 is 0. The summed E-state index contributed by atoms with van der Waals surface area (Å²) in [6, 6.07) is 9.75. The molecule has 1 aliphatic rings. The van der Waals surface area contributed by atoms with E-state index in [1.807, 2.05) is 36.4 Å². The van der Waals surface area contributed by atoms with Crippen molar-refractivity contribution in [2.45, 2.75) is 6.42 Å². The minimum atomic E-state index is -0.0691. The SMILES string of the molecule is O=C(Nc1cnc2ccccc2c1)C1=CCOCC1. The van der Waals surface area contributed by atoms with E-state index < -0.39 is 0 Å². The average Bonchev–Trinajstić information content (AvgIpc) is 2.48. The Balaban J connectivity index is 1.81. The lowest BCUT2D eigenvalue weighted by atomic mass is 10.1. The van der Waals surface area contributed by atoms with E-state index in [2.05, 4.69) is 10.3 Å². The molecule has 4 nitrogen and oxygen atoms in total. The van der Waals surface area contributed by atoms with Crippen LogP contribution in [0.1, 0.15) is 6.42 Å². The number of nitrogens with one attached hydrogen (secondary N) is 1. The Morgan fingerprint density at radius 3 is 3.05 bits per heavy atom. The standard InChI is InChI=1S/C15H14N2O2/c18-15(11-5-7-19-8-6-11)17-13-9-12-3-1-2-4-14(12)16-10-13/h1-5,9-10H,6-8H2,(H,17,18). The van der Waals surface area contributed by atoms with Crippen molar-refractivity contribution in [1.82, 2.24) is 4.98 Å². The molecule has 0 saturated heterocycles. The van der Waals surface area contributed by atoms with Gasteiger partial charge in [-0.05, 0) is 12.1 Å². The van der Waals surface area contributed by atoms with Gasteiger partial charge in [0, 0.05) is 17.4 Å². The third-order valence-corrected chi connectivity index (χ3v) is 3.10. The highest BCUT2D eigenvalue weighted by Gasteiger charge is 2.12. The number of amides is 1. The maximum absolute atomic E-state index is 12.0. The minimum Gasteiger partial charge on any atom is -0.377 e. The summed E-state index contributed by atoms with van der Waals surface area (Å²) in [5.41, 5.74) is 2.42. The summed E-state index contributed by atoms with van der Waals surface area (Å²) in [5.74, 6) is -0.0691. The van der Waals surface area contributed by atoms with Gasteiger partial charge in [0.2, 0.25) is 0 Å². The van der Waals surface area contributed by atoms with Gasteiger partial charge in [0.25, 0.3) is 5.91 Å². The van der Waals surface area contributed by atoms with Crippen molar-refractivity contribution >= 4 is 22.5 Å². The zero-order valence-corrected chi connectivity index (χ0v) is 10.4. The molecule has 0 unspecified atom stereocenters. The van der Waals surface area contributed by atoms with Crippen molar-refractivity contribution in [2.75, 3.05) is 18.5 Å². The molecule has 1 N–H and O–H groups in total. The largest absolute Gasteiger partial charge is 0.377 e. The molecular formula is C15H14N2O2. The van der Waals surface area contributed by atoms with Crippen molar-refractivity contribution in [2.24, 2.45) is 0 Å². The van der Waals surface area contributed by atoms with Crippen LogP contribution in [0.2, 0.25) is 0 Å². The first-order valence-electron chi connectivity index (χ1n) is 6.26. The molecule has 4 heteroatoms. The summed E-state index contributed by atoms with van der Waals surface area (Å²) in [7, 11) is 0. The molecule has 2 aromatic rings. The summed E-state index contributed by atoms with van der Waals surface area (Å²) in [6.45, 7) is 1.12. The zero-order chi connectivity index (χ0) is 13.1. The van der Waals surface area contributed by atoms with Gasteiger partial charge in [-0.2, -0.15) is 0 Å². The Morgan fingerprint density at radius 1 is 1.32 bits per heavy atom. The first-order chi connectivity index (χ1) is 9.33. The number of hydrogen-bond acceptors (Lipinski definition) is 3. The summed E-state index contributed by atoms with van der Waals surface area (Å²) in [4.78, 5) is 16.4. The van der Waals surface area contributed by atoms with Crippen LogP contribution in [0.4, 0.5) is 5.69 Å². The summed E-state index contributed by atoms with van der Waals surface area (Å²) in [6.07, 6.45) is 4.17. The molecule has 2 heterocycles. The molecule has 3 rings (SSSR count). The molecular weight excluding hydrogens is 240 g/mol. The van der Waals surface area contributed by atoms with Crippen molar-refractivity contribution in [3.63, 3.8) is 0 Å². The normalized spacial score (nSPS) is 15.1. The fraction of sp³-hybridized carbons (Fsp3) is 0.200. The number of benzene rings is 1. The number of fused-ring (bicyclic) bond motifs is 1. The van der Waals surface area contributed by atoms with Crippen LogP contribution in [0.5, 0.6) is 0 Å². The summed E-state index contributed by atoms with van der Waals surface area (Å²) in [5, 5.41) is 3.89. The average molecular weight is 254 g/mol. The van der Waals surface area contributed by atoms with E-state index in [1.165, 1.54) is 0 Å². The Labute approximate surface area is 111 Å². The van der Waals surface area contributed by atoms with E-state index in [1.54, 1.807) is 6.20 Å². The molecule has 19 heavy (non-hydrogen) atoms. The number of rotatable bonds is 2. The van der Waals surface area contributed by atoms with Gasteiger partial charge in [0.15, 0.2) is 0 Å².